The number of aliphatic hydroxyl groups is 1. The van der Waals surface area contributed by atoms with E-state index in [-0.39, 0.29) is 151 Å². The molecule has 0 aliphatic carbocycles. The Morgan fingerprint density at radius 3 is 0.787 bits per heavy atom. The first kappa shape index (κ1) is 114. The Bertz CT molecular complexity index is 2860. The van der Waals surface area contributed by atoms with E-state index in [0.29, 0.717) is 80.5 Å². The standard InChI is InChI=1S/C36H36N4O2.C12H14O3.C6H8N2.C3H8.C2H6O.3CH4.Cl2.2ClH.3Co.8H2O/c1-35(2,3)27-15-23-19-37-29-11-7-9-13-31(29)39-21-25-17-28(36(4,5)6)18-26(34(25)42)22-40-32-14-10-8-12-30(32)38-20-24(16-27)33(23)41;1-12(2,3)10-4-8(6-13)11(15)9(5-10)7-14;7-5-3-1-2-4-6(5)8;1-3-2;1-2-3;;;;1-2;;;;;;;;;;;;;/h7-22,41-42H,1-6H3;4-7,15H,1-3H3;1-4H,7-8H2;3H2,1-2H3;3H,2H2,1H3;3*1H4;;2*1H;;;;8*1H2/q;;;;;;;;;;;;;+2;;;;;;;;/p-2. The molecule has 7 aromatic rings. The number of benzene rings is 6. The van der Waals surface area contributed by atoms with Gasteiger partial charge < -0.3 is 75.7 Å². The van der Waals surface area contributed by atoms with Gasteiger partial charge >= 0.3 is 33.2 Å². The molecule has 7 rings (SSSR count). The molecule has 6 aromatic carbocycles. The van der Waals surface area contributed by atoms with Crippen molar-refractivity contribution in [1.82, 2.24) is 19.9 Å². The summed E-state index contributed by atoms with van der Waals surface area (Å²) >= 11 is 0.382. The van der Waals surface area contributed by atoms with Crippen LogP contribution in [-0.2, 0) is 62.7 Å². The summed E-state index contributed by atoms with van der Waals surface area (Å²) < 4.78 is 0. The molecule has 0 atom stereocenters. The number of phenolic OH excluding ortho intramolecular Hbond substituents is 3. The predicted octanol–water partition coefficient (Wildman–Crippen LogP) is 11.3. The van der Waals surface area contributed by atoms with Crippen molar-refractivity contribution >= 4 is 110 Å². The van der Waals surface area contributed by atoms with Crippen LogP contribution in [0.4, 0.5) is 11.4 Å². The Labute approximate surface area is 570 Å². The molecule has 517 valence electrons. The van der Waals surface area contributed by atoms with E-state index in [1.165, 1.54) is 6.42 Å². The van der Waals surface area contributed by atoms with Gasteiger partial charge in [0.05, 0.1) is 44.6 Å². The average Bonchev–Trinajstić information content (AvgIpc) is 3.37. The minimum absolute atomic E-state index is 0. The zero-order valence-corrected chi connectivity index (χ0v) is 56.0. The number of aromatic nitrogens is 4. The Morgan fingerprint density at radius 1 is 0.438 bits per heavy atom. The Kier molecular flexibility index (Phi) is 74.3. The number of carbonyl (C=O) groups is 2. The minimum Gasteiger partial charge on any atom is 0 e. The zero-order valence-electron chi connectivity index (χ0n) is 49.8. The van der Waals surface area contributed by atoms with E-state index >= 15 is 0 Å². The molecule has 20 nitrogen and oxygen atoms in total. The summed E-state index contributed by atoms with van der Waals surface area (Å²) in [5.41, 5.74) is 17.4. The number of rotatable bonds is 2. The molecule has 0 spiro atoms. The molecule has 1 heterocycles. The Hall–Kier alpha value is -5.34. The first-order chi connectivity index (χ1) is 35.8. The second kappa shape index (κ2) is 57.8. The van der Waals surface area contributed by atoms with Gasteiger partial charge in [0.25, 0.3) is 0 Å². The van der Waals surface area contributed by atoms with Crippen molar-refractivity contribution in [3.8, 4) is 17.2 Å². The molecule has 0 saturated carbocycles. The Morgan fingerprint density at radius 2 is 0.618 bits per heavy atom. The zero-order chi connectivity index (χ0) is 57.8. The number of halogens is 4. The van der Waals surface area contributed by atoms with Gasteiger partial charge in [-0.3, -0.25) is 29.5 Å². The first-order valence-corrected chi connectivity index (χ1v) is 27.9. The molecule has 0 aliphatic heterocycles. The molecular weight excluding hydrogens is 1370 g/mol. The number of phenols is 3. The van der Waals surface area contributed by atoms with Crippen molar-refractivity contribution in [1.29, 1.82) is 0 Å². The maximum absolute atomic E-state index is 11.3. The monoisotopic (exact) mass is 1470 g/mol. The molecule has 4 bridgehead atoms. The molecule has 89 heavy (non-hydrogen) atoms. The SMILES string of the molecule is C.C.C.CC(C)(C)c1cc(C=O)c(O)c(C=O)c1.CC(C)(C)c1cc2cnc3ccccc3ncc3cc(C(C)(C)C)cc(cnc4ccccc4ncc(c1)c2O)c3O.CCC.CCO.ClCl.Nc1ccccc1N.O.O.O.O.O.O.O.O.[Cl][Co][Cl].[Co].[Co]. The topological polar surface area (TPSA) is 471 Å². The molecule has 0 saturated heterocycles. The third-order valence-corrected chi connectivity index (χ3v) is 10.5. The fraction of sp³-hybridized carbons (Fsp3) is 0.323. The minimum atomic E-state index is -0.243. The number of carbonyl (C=O) groups excluding carboxylic acids is 2. The van der Waals surface area contributed by atoms with Gasteiger partial charge in [0.15, 0.2) is 12.6 Å². The van der Waals surface area contributed by atoms with Gasteiger partial charge in [-0.15, -0.1) is 0 Å². The number of aromatic hydroxyl groups is 3. The van der Waals surface area contributed by atoms with Gasteiger partial charge in [-0.05, 0) is 113 Å². The molecule has 0 amide bonds. The maximum Gasteiger partial charge on any atom is 0 e. The summed E-state index contributed by atoms with van der Waals surface area (Å²) in [5.74, 6) is -0.0608. The van der Waals surface area contributed by atoms with Crippen molar-refractivity contribution in [2.75, 3.05) is 18.1 Å². The van der Waals surface area contributed by atoms with Crippen molar-refractivity contribution in [2.45, 2.75) is 128 Å². The molecule has 0 unspecified atom stereocenters. The van der Waals surface area contributed by atoms with E-state index in [1.807, 2.05) is 106 Å². The number of aliphatic hydroxyl groups excluding tert-OH is 1. The van der Waals surface area contributed by atoms with Crippen molar-refractivity contribution in [2.24, 2.45) is 0 Å². The summed E-state index contributed by atoms with van der Waals surface area (Å²) in [5, 5.41) is 41.9. The maximum atomic E-state index is 11.3. The largest absolute Gasteiger partial charge is 0 e. The molecule has 27 heteroatoms. The quantitative estimate of drug-likeness (QED) is 0.0695. The molecular formula is C62H100Cl4Co3N6O14. The van der Waals surface area contributed by atoms with Crippen LogP contribution in [0.25, 0.3) is 43.6 Å². The first-order valence-electron chi connectivity index (χ1n) is 23.9. The van der Waals surface area contributed by atoms with Crippen LogP contribution in [0.1, 0.15) is 149 Å². The van der Waals surface area contributed by atoms with E-state index in [9.17, 15) is 24.9 Å². The van der Waals surface area contributed by atoms with Gasteiger partial charge in [0.2, 0.25) is 0 Å². The van der Waals surface area contributed by atoms with E-state index in [4.69, 9.17) is 56.8 Å². The summed E-state index contributed by atoms with van der Waals surface area (Å²) in [6.45, 7) is 24.9. The van der Waals surface area contributed by atoms with Crippen LogP contribution in [0, 0.1) is 0 Å². The van der Waals surface area contributed by atoms with E-state index in [2.05, 4.69) is 77.1 Å². The normalized spacial score (nSPS) is 8.96. The molecule has 0 aliphatic rings. The summed E-state index contributed by atoms with van der Waals surface area (Å²) in [6.07, 6.45) is 9.00. The number of fused-ring (bicyclic) bond motifs is 6. The van der Waals surface area contributed by atoms with E-state index < -0.39 is 0 Å². The van der Waals surface area contributed by atoms with Crippen molar-refractivity contribution in [3.05, 3.63) is 162 Å². The predicted molar refractivity (Wildman–Crippen MR) is 367 cm³/mol. The number of hydrogen-bond donors (Lipinski definition) is 6. The van der Waals surface area contributed by atoms with Gasteiger partial charge in [0, 0.05) is 108 Å². The van der Waals surface area contributed by atoms with Gasteiger partial charge in [-0.2, -0.15) is 0 Å². The fourth-order valence-electron chi connectivity index (χ4n) is 6.34. The van der Waals surface area contributed by atoms with Gasteiger partial charge in [0.1, 0.15) is 17.2 Å². The van der Waals surface area contributed by atoms with Crippen LogP contribution in [-0.4, -0.2) is 103 Å². The molecule has 24 N–H and O–H groups in total. The van der Waals surface area contributed by atoms with Crippen LogP contribution in [0.2, 0.25) is 0 Å². The summed E-state index contributed by atoms with van der Waals surface area (Å²) in [6, 6.07) is 33.3. The van der Waals surface area contributed by atoms with Gasteiger partial charge in [-0.1, -0.05) is 141 Å². The number of nitrogens with two attached hydrogens (primary N) is 2. The number of para-hydroxylation sites is 6. The average molecular weight is 1470 g/mol. The molecule has 1 aromatic heterocycles. The van der Waals surface area contributed by atoms with Crippen LogP contribution >= 0.6 is 42.0 Å². The Balaban J connectivity index is -0.0000000941. The number of anilines is 2. The number of nitrogen functional groups attached to an aromatic ring is 2. The smallest absolute Gasteiger partial charge is 0 e. The molecule has 2 radical (unpaired) electrons. The van der Waals surface area contributed by atoms with Crippen LogP contribution in [0.3, 0.4) is 0 Å². The third kappa shape index (κ3) is 38.8. The number of aldehydes is 2. The van der Waals surface area contributed by atoms with E-state index in [1.54, 1.807) is 56.0 Å². The number of hydrogen-bond acceptors (Lipinski definition) is 12. The van der Waals surface area contributed by atoms with E-state index in [0.717, 1.165) is 16.7 Å². The van der Waals surface area contributed by atoms with Crippen LogP contribution in [0.5, 0.6) is 17.2 Å². The second-order valence-corrected chi connectivity index (χ2v) is 21.4. The molecule has 0 fully saturated rings. The van der Waals surface area contributed by atoms with Crippen LogP contribution < -0.4 is 11.5 Å². The number of nitrogens with zero attached hydrogens (tertiary/aromatic N) is 4. The van der Waals surface area contributed by atoms with Crippen LogP contribution in [0.15, 0.2) is 134 Å². The summed E-state index contributed by atoms with van der Waals surface area (Å²) in [7, 11) is 17.7. The van der Waals surface area contributed by atoms with Crippen molar-refractivity contribution in [3.63, 3.8) is 0 Å². The van der Waals surface area contributed by atoms with Gasteiger partial charge in [-0.25, -0.2) is 0 Å². The third-order valence-electron chi connectivity index (χ3n) is 10.5. The summed E-state index contributed by atoms with van der Waals surface area (Å²) in [4.78, 5) is 40.3. The van der Waals surface area contributed by atoms with Crippen molar-refractivity contribution < 1.29 is 120 Å². The fourth-order valence-corrected chi connectivity index (χ4v) is 6.34. The second-order valence-electron chi connectivity index (χ2n) is 19.7.